The van der Waals surface area contributed by atoms with Gasteiger partial charge in [0, 0.05) is 24.2 Å². The first-order valence-corrected chi connectivity index (χ1v) is 5.60. The van der Waals surface area contributed by atoms with Crippen LogP contribution in [0.15, 0.2) is 28.4 Å². The highest BCUT2D eigenvalue weighted by molar-refractivity contribution is 7.99. The minimum atomic E-state index is -0.0458. The van der Waals surface area contributed by atoms with Crippen LogP contribution in [-0.4, -0.2) is 25.2 Å². The third kappa shape index (κ3) is 2.37. The summed E-state index contributed by atoms with van der Waals surface area (Å²) in [6, 6.07) is 3.83. The number of nitrogens with zero attached hydrogens (tertiary/aromatic N) is 5. The fourth-order valence-corrected chi connectivity index (χ4v) is 1.83. The van der Waals surface area contributed by atoms with Crippen LogP contribution in [0.25, 0.3) is 0 Å². The van der Waals surface area contributed by atoms with Crippen LogP contribution in [0.1, 0.15) is 18.7 Å². The average molecular weight is 236 g/mol. The maximum atomic E-state index is 5.72. The summed E-state index contributed by atoms with van der Waals surface area (Å²) in [5.41, 5.74) is 6.59. The van der Waals surface area contributed by atoms with Crippen molar-refractivity contribution in [1.29, 1.82) is 0 Å². The first-order chi connectivity index (χ1) is 7.66. The standard InChI is InChI=1S/C9H12N6S/c1-6(10)8-4-3-7(5-11-8)16-9-12-13-14-15(9)2/h3-6H,10H2,1-2H3/t6-/m0/s1. The van der Waals surface area contributed by atoms with Gasteiger partial charge >= 0.3 is 0 Å². The van der Waals surface area contributed by atoms with Crippen LogP contribution in [-0.2, 0) is 7.05 Å². The molecule has 0 unspecified atom stereocenters. The Morgan fingerprint density at radius 2 is 2.25 bits per heavy atom. The van der Waals surface area contributed by atoms with E-state index in [-0.39, 0.29) is 6.04 Å². The Morgan fingerprint density at radius 1 is 1.44 bits per heavy atom. The molecule has 0 amide bonds. The molecule has 1 atom stereocenters. The number of nitrogens with two attached hydrogens (primary N) is 1. The zero-order chi connectivity index (χ0) is 11.5. The van der Waals surface area contributed by atoms with Crippen LogP contribution in [0, 0.1) is 0 Å². The van der Waals surface area contributed by atoms with E-state index >= 15 is 0 Å². The molecule has 16 heavy (non-hydrogen) atoms. The Kier molecular flexibility index (Phi) is 3.16. The minimum Gasteiger partial charge on any atom is -0.323 e. The number of pyridine rings is 1. The predicted molar refractivity (Wildman–Crippen MR) is 59.8 cm³/mol. The maximum absolute atomic E-state index is 5.72. The van der Waals surface area contributed by atoms with E-state index in [9.17, 15) is 0 Å². The van der Waals surface area contributed by atoms with Crippen molar-refractivity contribution in [1.82, 2.24) is 25.2 Å². The molecule has 2 aromatic heterocycles. The summed E-state index contributed by atoms with van der Waals surface area (Å²) >= 11 is 1.46. The monoisotopic (exact) mass is 236 g/mol. The number of aryl methyl sites for hydroxylation is 1. The molecule has 7 heteroatoms. The quantitative estimate of drug-likeness (QED) is 0.847. The number of rotatable bonds is 3. The van der Waals surface area contributed by atoms with Crippen molar-refractivity contribution in [2.45, 2.75) is 23.0 Å². The zero-order valence-corrected chi connectivity index (χ0v) is 9.85. The van der Waals surface area contributed by atoms with Crippen LogP contribution in [0.5, 0.6) is 0 Å². The Labute approximate surface area is 97.2 Å². The summed E-state index contributed by atoms with van der Waals surface area (Å²) in [4.78, 5) is 5.25. The van der Waals surface area contributed by atoms with E-state index < -0.39 is 0 Å². The molecule has 2 heterocycles. The van der Waals surface area contributed by atoms with Crippen molar-refractivity contribution < 1.29 is 0 Å². The van der Waals surface area contributed by atoms with Crippen molar-refractivity contribution in [2.75, 3.05) is 0 Å². The molecular weight excluding hydrogens is 224 g/mol. The topological polar surface area (TPSA) is 82.5 Å². The Bertz CT molecular complexity index is 463. The van der Waals surface area contributed by atoms with Crippen LogP contribution >= 0.6 is 11.8 Å². The second-order valence-corrected chi connectivity index (χ2v) is 4.44. The minimum absolute atomic E-state index is 0.0458. The highest BCUT2D eigenvalue weighted by atomic mass is 32.2. The average Bonchev–Trinajstić information content (AvgIpc) is 2.65. The lowest BCUT2D eigenvalue weighted by atomic mass is 10.2. The van der Waals surface area contributed by atoms with Crippen LogP contribution < -0.4 is 5.73 Å². The van der Waals surface area contributed by atoms with E-state index in [0.29, 0.717) is 0 Å². The summed E-state index contributed by atoms with van der Waals surface area (Å²) in [7, 11) is 1.80. The summed E-state index contributed by atoms with van der Waals surface area (Å²) in [6.45, 7) is 1.90. The fourth-order valence-electron chi connectivity index (χ4n) is 1.13. The smallest absolute Gasteiger partial charge is 0.213 e. The number of tetrazole rings is 1. The van der Waals surface area contributed by atoms with Gasteiger partial charge in [-0.25, -0.2) is 4.68 Å². The lowest BCUT2D eigenvalue weighted by Crippen LogP contribution is -2.06. The largest absolute Gasteiger partial charge is 0.323 e. The number of hydrogen-bond acceptors (Lipinski definition) is 6. The maximum Gasteiger partial charge on any atom is 0.213 e. The van der Waals surface area contributed by atoms with E-state index in [1.54, 1.807) is 17.9 Å². The molecule has 0 bridgehead atoms. The van der Waals surface area contributed by atoms with E-state index in [0.717, 1.165) is 15.7 Å². The van der Waals surface area contributed by atoms with E-state index in [4.69, 9.17) is 5.73 Å². The summed E-state index contributed by atoms with van der Waals surface area (Å²) in [5.74, 6) is 0. The van der Waals surface area contributed by atoms with Gasteiger partial charge in [0.25, 0.3) is 0 Å². The molecule has 2 N–H and O–H groups in total. The van der Waals surface area contributed by atoms with Gasteiger partial charge in [0.05, 0.1) is 5.69 Å². The van der Waals surface area contributed by atoms with Gasteiger partial charge in [0.2, 0.25) is 5.16 Å². The second kappa shape index (κ2) is 4.58. The van der Waals surface area contributed by atoms with Crippen LogP contribution in [0.4, 0.5) is 0 Å². The van der Waals surface area contributed by atoms with Crippen molar-refractivity contribution in [3.05, 3.63) is 24.0 Å². The SMILES string of the molecule is C[C@H](N)c1ccc(Sc2nnnn2C)cn1. The van der Waals surface area contributed by atoms with Crippen LogP contribution in [0.2, 0.25) is 0 Å². The second-order valence-electron chi connectivity index (χ2n) is 3.39. The Balaban J connectivity index is 2.14. The summed E-state index contributed by atoms with van der Waals surface area (Å²) in [5, 5.41) is 11.9. The Hall–Kier alpha value is -1.47. The molecule has 0 saturated carbocycles. The highest BCUT2D eigenvalue weighted by Gasteiger charge is 2.06. The van der Waals surface area contributed by atoms with Gasteiger partial charge in [-0.15, -0.1) is 5.10 Å². The summed E-state index contributed by atoms with van der Waals surface area (Å²) in [6.07, 6.45) is 1.78. The molecule has 0 radical (unpaired) electrons. The number of aromatic nitrogens is 5. The molecule has 0 spiro atoms. The van der Waals surface area contributed by atoms with Crippen molar-refractivity contribution >= 4 is 11.8 Å². The lowest BCUT2D eigenvalue weighted by molar-refractivity contribution is 0.664. The molecule has 0 aliphatic heterocycles. The molecule has 0 aliphatic carbocycles. The van der Waals surface area contributed by atoms with Crippen molar-refractivity contribution in [3.8, 4) is 0 Å². The molecular formula is C9H12N6S. The molecule has 2 rings (SSSR count). The van der Waals surface area contributed by atoms with Gasteiger partial charge in [-0.3, -0.25) is 4.98 Å². The van der Waals surface area contributed by atoms with Gasteiger partial charge in [0.1, 0.15) is 0 Å². The van der Waals surface area contributed by atoms with Gasteiger partial charge in [-0.05, 0) is 41.2 Å². The van der Waals surface area contributed by atoms with Gasteiger partial charge < -0.3 is 5.73 Å². The van der Waals surface area contributed by atoms with Crippen molar-refractivity contribution in [2.24, 2.45) is 12.8 Å². The third-order valence-corrected chi connectivity index (χ3v) is 3.02. The molecule has 6 nitrogen and oxygen atoms in total. The molecule has 2 aromatic rings. The third-order valence-electron chi connectivity index (χ3n) is 2.02. The number of hydrogen-bond donors (Lipinski definition) is 1. The fraction of sp³-hybridized carbons (Fsp3) is 0.333. The van der Waals surface area contributed by atoms with E-state index in [1.807, 2.05) is 19.1 Å². The van der Waals surface area contributed by atoms with E-state index in [1.165, 1.54) is 11.8 Å². The van der Waals surface area contributed by atoms with Crippen LogP contribution in [0.3, 0.4) is 0 Å². The summed E-state index contributed by atoms with van der Waals surface area (Å²) < 4.78 is 1.62. The van der Waals surface area contributed by atoms with Gasteiger partial charge in [-0.1, -0.05) is 0 Å². The predicted octanol–water partition coefficient (Wildman–Crippen LogP) is 0.776. The van der Waals surface area contributed by atoms with Gasteiger partial charge in [0.15, 0.2) is 0 Å². The first kappa shape index (κ1) is 11.0. The Morgan fingerprint density at radius 3 is 2.75 bits per heavy atom. The normalized spacial score (nSPS) is 12.7. The van der Waals surface area contributed by atoms with Crippen molar-refractivity contribution in [3.63, 3.8) is 0 Å². The first-order valence-electron chi connectivity index (χ1n) is 4.78. The lowest BCUT2D eigenvalue weighted by Gasteiger charge is -2.04. The molecule has 0 aromatic carbocycles. The van der Waals surface area contributed by atoms with E-state index in [2.05, 4.69) is 20.5 Å². The molecule has 0 saturated heterocycles. The van der Waals surface area contributed by atoms with Gasteiger partial charge in [-0.2, -0.15) is 0 Å². The molecule has 84 valence electrons. The molecule has 0 fully saturated rings. The highest BCUT2D eigenvalue weighted by Crippen LogP contribution is 2.24. The molecule has 0 aliphatic rings. The zero-order valence-electron chi connectivity index (χ0n) is 9.03.